The summed E-state index contributed by atoms with van der Waals surface area (Å²) in [6.07, 6.45) is 0. The molecule has 0 spiro atoms. The first kappa shape index (κ1) is 23.7. The molecule has 5 heteroatoms. The smallest absolute Gasteiger partial charge is 1.00 e. The summed E-state index contributed by atoms with van der Waals surface area (Å²) in [5.41, 5.74) is 1.37. The van der Waals surface area contributed by atoms with E-state index in [9.17, 15) is 0 Å². The van der Waals surface area contributed by atoms with E-state index in [0.717, 1.165) is 6.54 Å². The Bertz CT molecular complexity index is 195. The van der Waals surface area contributed by atoms with Gasteiger partial charge in [-0.2, -0.15) is 0 Å². The predicted molar refractivity (Wildman–Crippen MR) is 49.6 cm³/mol. The van der Waals surface area contributed by atoms with Gasteiger partial charge in [0.05, 0.1) is 0 Å². The Labute approximate surface area is 107 Å². The number of benzene rings is 1. The van der Waals surface area contributed by atoms with Crippen LogP contribution in [0.2, 0.25) is 0 Å². The standard InChI is InChI=1S/C9H13N.B.3ClH/c1-10(2)8-9-6-4-3-5-7-9;;;;/h3-7H,8H2,1-2H3;;3*1H/q;+3;;;/p-3. The van der Waals surface area contributed by atoms with E-state index < -0.39 is 0 Å². The van der Waals surface area contributed by atoms with E-state index >= 15 is 0 Å². The quantitative estimate of drug-likeness (QED) is 0.473. The van der Waals surface area contributed by atoms with Crippen LogP contribution in [-0.4, -0.2) is 27.4 Å². The maximum atomic E-state index is 2.16. The fourth-order valence-electron chi connectivity index (χ4n) is 0.949. The van der Waals surface area contributed by atoms with Crippen molar-refractivity contribution in [3.8, 4) is 0 Å². The molecule has 1 aromatic rings. The number of rotatable bonds is 2. The largest absolute Gasteiger partial charge is 3.00 e. The van der Waals surface area contributed by atoms with Gasteiger partial charge in [-0.1, -0.05) is 30.3 Å². The summed E-state index contributed by atoms with van der Waals surface area (Å²) >= 11 is 0. The maximum Gasteiger partial charge on any atom is 3.00 e. The van der Waals surface area contributed by atoms with Gasteiger partial charge in [0.2, 0.25) is 0 Å². The monoisotopic (exact) mass is 251 g/mol. The number of nitrogens with zero attached hydrogens (tertiary/aromatic N) is 1. The molecule has 78 valence electrons. The zero-order chi connectivity index (χ0) is 7.40. The Kier molecular flexibility index (Phi) is 22.2. The van der Waals surface area contributed by atoms with E-state index in [1.807, 2.05) is 6.07 Å². The van der Waals surface area contributed by atoms with Crippen LogP contribution >= 0.6 is 0 Å². The Morgan fingerprint density at radius 1 is 0.929 bits per heavy atom. The first-order valence-corrected chi connectivity index (χ1v) is 3.47. The topological polar surface area (TPSA) is 3.24 Å². The van der Waals surface area contributed by atoms with Gasteiger partial charge in [0, 0.05) is 6.54 Å². The Balaban J connectivity index is -0.000000125. The second-order valence-electron chi connectivity index (χ2n) is 2.72. The van der Waals surface area contributed by atoms with Crippen molar-refractivity contribution in [1.29, 1.82) is 0 Å². The van der Waals surface area contributed by atoms with Crippen LogP contribution in [-0.2, 0) is 6.54 Å². The second-order valence-corrected chi connectivity index (χ2v) is 2.72. The van der Waals surface area contributed by atoms with Gasteiger partial charge in [-0.25, -0.2) is 0 Å². The Morgan fingerprint density at radius 3 is 1.71 bits per heavy atom. The van der Waals surface area contributed by atoms with Crippen LogP contribution in [0.25, 0.3) is 0 Å². The molecule has 0 aliphatic heterocycles. The summed E-state index contributed by atoms with van der Waals surface area (Å²) in [7, 11) is 4.15. The summed E-state index contributed by atoms with van der Waals surface area (Å²) in [5.74, 6) is 0. The molecular weight excluding hydrogens is 239 g/mol. The zero-order valence-corrected chi connectivity index (χ0v) is 10.5. The third-order valence-electron chi connectivity index (χ3n) is 1.34. The van der Waals surface area contributed by atoms with Crippen molar-refractivity contribution in [2.75, 3.05) is 14.1 Å². The summed E-state index contributed by atoms with van der Waals surface area (Å²) in [6, 6.07) is 10.5. The fourth-order valence-corrected chi connectivity index (χ4v) is 0.949. The first-order valence-electron chi connectivity index (χ1n) is 3.47. The van der Waals surface area contributed by atoms with Crippen LogP contribution in [0.3, 0.4) is 0 Å². The molecule has 0 fully saturated rings. The van der Waals surface area contributed by atoms with Gasteiger partial charge in [-0.05, 0) is 19.7 Å². The molecule has 0 amide bonds. The van der Waals surface area contributed by atoms with Crippen molar-refractivity contribution in [2.45, 2.75) is 6.54 Å². The maximum absolute atomic E-state index is 2.16. The Morgan fingerprint density at radius 2 is 1.36 bits per heavy atom. The minimum absolute atomic E-state index is 0. The molecule has 0 N–H and O–H groups in total. The van der Waals surface area contributed by atoms with E-state index in [-0.39, 0.29) is 45.6 Å². The van der Waals surface area contributed by atoms with Crippen molar-refractivity contribution in [3.05, 3.63) is 35.9 Å². The molecular formula is C9H13BCl3N. The van der Waals surface area contributed by atoms with Gasteiger partial charge >= 0.3 is 8.41 Å². The molecule has 14 heavy (non-hydrogen) atoms. The van der Waals surface area contributed by atoms with Crippen LogP contribution in [0.5, 0.6) is 0 Å². The summed E-state index contributed by atoms with van der Waals surface area (Å²) in [4.78, 5) is 2.16. The van der Waals surface area contributed by atoms with E-state index in [4.69, 9.17) is 0 Å². The zero-order valence-electron chi connectivity index (χ0n) is 8.25. The molecule has 0 atom stereocenters. The van der Waals surface area contributed by atoms with Crippen LogP contribution in [0.1, 0.15) is 5.56 Å². The average Bonchev–Trinajstić information content (AvgIpc) is 1.88. The van der Waals surface area contributed by atoms with Crippen LogP contribution < -0.4 is 37.2 Å². The number of hydrogen-bond acceptors (Lipinski definition) is 1. The fraction of sp³-hybridized carbons (Fsp3) is 0.333. The van der Waals surface area contributed by atoms with Gasteiger partial charge in [-0.15, -0.1) is 0 Å². The molecule has 1 rings (SSSR count). The van der Waals surface area contributed by atoms with E-state index in [2.05, 4.69) is 43.3 Å². The molecule has 0 aliphatic rings. The van der Waals surface area contributed by atoms with Crippen molar-refractivity contribution in [3.63, 3.8) is 0 Å². The third kappa shape index (κ3) is 10.2. The normalized spacial score (nSPS) is 7.36. The van der Waals surface area contributed by atoms with Gasteiger partial charge in [-0.3, -0.25) is 0 Å². The van der Waals surface area contributed by atoms with Gasteiger partial charge < -0.3 is 42.1 Å². The average molecular weight is 252 g/mol. The molecule has 0 radical (unpaired) electrons. The summed E-state index contributed by atoms with van der Waals surface area (Å²) in [6.45, 7) is 1.03. The summed E-state index contributed by atoms with van der Waals surface area (Å²) in [5, 5.41) is 0. The van der Waals surface area contributed by atoms with Crippen LogP contribution in [0.4, 0.5) is 0 Å². The van der Waals surface area contributed by atoms with E-state index in [0.29, 0.717) is 0 Å². The van der Waals surface area contributed by atoms with Gasteiger partial charge in [0.15, 0.2) is 0 Å². The van der Waals surface area contributed by atoms with Crippen molar-refractivity contribution in [1.82, 2.24) is 4.90 Å². The molecule has 0 aliphatic carbocycles. The molecule has 0 bridgehead atoms. The first-order chi connectivity index (χ1) is 4.79. The van der Waals surface area contributed by atoms with Gasteiger partial charge in [0.25, 0.3) is 0 Å². The SMILES string of the molecule is CN(C)Cc1ccccc1.[B+3].[Cl-].[Cl-].[Cl-]. The molecule has 0 aromatic heterocycles. The summed E-state index contributed by atoms with van der Waals surface area (Å²) < 4.78 is 0. The van der Waals surface area contributed by atoms with E-state index in [1.54, 1.807) is 0 Å². The molecule has 1 nitrogen and oxygen atoms in total. The van der Waals surface area contributed by atoms with Crippen molar-refractivity contribution >= 4 is 8.41 Å². The van der Waals surface area contributed by atoms with E-state index in [1.165, 1.54) is 5.56 Å². The van der Waals surface area contributed by atoms with Crippen LogP contribution in [0.15, 0.2) is 30.3 Å². The number of hydrogen-bond donors (Lipinski definition) is 0. The molecule has 0 heterocycles. The Hall–Kier alpha value is 0.115. The molecule has 0 saturated heterocycles. The predicted octanol–water partition coefficient (Wildman–Crippen LogP) is -7.62. The number of halogens is 3. The molecule has 0 saturated carbocycles. The van der Waals surface area contributed by atoms with Crippen molar-refractivity contribution in [2.24, 2.45) is 0 Å². The molecule has 0 unspecified atom stereocenters. The second kappa shape index (κ2) is 13.1. The molecule has 1 aromatic carbocycles. The van der Waals surface area contributed by atoms with Crippen LogP contribution in [0, 0.1) is 0 Å². The van der Waals surface area contributed by atoms with Crippen molar-refractivity contribution < 1.29 is 37.2 Å². The third-order valence-corrected chi connectivity index (χ3v) is 1.34. The van der Waals surface area contributed by atoms with Gasteiger partial charge in [0.1, 0.15) is 0 Å². The minimum Gasteiger partial charge on any atom is -1.00 e. The minimum atomic E-state index is 0.